The van der Waals surface area contributed by atoms with E-state index in [1.807, 2.05) is 6.92 Å². The Labute approximate surface area is 109 Å². The van der Waals surface area contributed by atoms with Crippen molar-refractivity contribution < 1.29 is 9.53 Å². The molecule has 18 heavy (non-hydrogen) atoms. The van der Waals surface area contributed by atoms with Gasteiger partial charge >= 0.3 is 0 Å². The molecule has 0 saturated heterocycles. The highest BCUT2D eigenvalue weighted by Gasteiger charge is 2.13. The molecule has 3 nitrogen and oxygen atoms in total. The minimum Gasteiger partial charge on any atom is -0.375 e. The van der Waals surface area contributed by atoms with Gasteiger partial charge in [0.1, 0.15) is 6.61 Å². The number of rotatable bonds is 4. The lowest BCUT2D eigenvalue weighted by Crippen LogP contribution is -2.29. The lowest BCUT2D eigenvalue weighted by atomic mass is 9.89. The van der Waals surface area contributed by atoms with Crippen molar-refractivity contribution in [3.63, 3.8) is 0 Å². The molecule has 0 aliphatic heterocycles. The fourth-order valence-corrected chi connectivity index (χ4v) is 2.52. The third kappa shape index (κ3) is 3.10. The Morgan fingerprint density at radius 1 is 1.33 bits per heavy atom. The van der Waals surface area contributed by atoms with Crippen LogP contribution in [0.4, 0.5) is 0 Å². The molecule has 1 N–H and O–H groups in total. The molecule has 3 heteroatoms. The number of carbonyl (C=O) groups excluding carboxylic acids is 1. The van der Waals surface area contributed by atoms with Crippen LogP contribution < -0.4 is 5.32 Å². The number of nitrogens with one attached hydrogen (secondary N) is 1. The summed E-state index contributed by atoms with van der Waals surface area (Å²) in [5.41, 5.74) is 4.10. The second-order valence-electron chi connectivity index (χ2n) is 4.96. The van der Waals surface area contributed by atoms with Crippen molar-refractivity contribution in [2.24, 2.45) is 0 Å². The third-order valence-electron chi connectivity index (χ3n) is 3.53. The van der Waals surface area contributed by atoms with Gasteiger partial charge in [0.25, 0.3) is 0 Å². The van der Waals surface area contributed by atoms with Crippen LogP contribution in [0.2, 0.25) is 0 Å². The quantitative estimate of drug-likeness (QED) is 0.887. The maximum absolute atomic E-state index is 11.5. The molecule has 1 amide bonds. The summed E-state index contributed by atoms with van der Waals surface area (Å²) in [6.45, 7) is 2.13. The molecule has 0 spiro atoms. The monoisotopic (exact) mass is 247 g/mol. The topological polar surface area (TPSA) is 38.3 Å². The van der Waals surface area contributed by atoms with E-state index in [0.717, 1.165) is 0 Å². The molecule has 0 saturated carbocycles. The van der Waals surface area contributed by atoms with E-state index in [4.69, 9.17) is 4.74 Å². The molecule has 0 heterocycles. The summed E-state index contributed by atoms with van der Waals surface area (Å²) in [7, 11) is 1.53. The average molecular weight is 247 g/mol. The summed E-state index contributed by atoms with van der Waals surface area (Å²) < 4.78 is 4.82. The molecule has 1 aromatic rings. The Bertz CT molecular complexity index is 429. The molecular formula is C15H21NO2. The van der Waals surface area contributed by atoms with E-state index in [1.165, 1.54) is 49.5 Å². The van der Waals surface area contributed by atoms with Gasteiger partial charge in [0.2, 0.25) is 5.91 Å². The Morgan fingerprint density at radius 2 is 2.06 bits per heavy atom. The van der Waals surface area contributed by atoms with Crippen molar-refractivity contribution in [2.75, 3.05) is 13.7 Å². The fraction of sp³-hybridized carbons (Fsp3) is 0.533. The minimum absolute atomic E-state index is 0.0416. The Hall–Kier alpha value is -1.35. The summed E-state index contributed by atoms with van der Waals surface area (Å²) in [6, 6.07) is 6.62. The standard InChI is InChI=1S/C15H21NO2/c1-11(16-15(17)10-18-2)13-8-7-12-5-3-4-6-14(12)9-13/h7-9,11H,3-6,10H2,1-2H3,(H,16,17)/t11-/m0/s1. The van der Waals surface area contributed by atoms with E-state index >= 15 is 0 Å². The van der Waals surface area contributed by atoms with Crippen LogP contribution in [0.3, 0.4) is 0 Å². The molecular weight excluding hydrogens is 226 g/mol. The van der Waals surface area contributed by atoms with Crippen molar-refractivity contribution in [3.05, 3.63) is 34.9 Å². The highest BCUT2D eigenvalue weighted by atomic mass is 16.5. The van der Waals surface area contributed by atoms with Gasteiger partial charge in [-0.15, -0.1) is 0 Å². The summed E-state index contributed by atoms with van der Waals surface area (Å²) >= 11 is 0. The Morgan fingerprint density at radius 3 is 2.78 bits per heavy atom. The van der Waals surface area contributed by atoms with Crippen LogP contribution in [0.25, 0.3) is 0 Å². The van der Waals surface area contributed by atoms with Crippen molar-refractivity contribution in [3.8, 4) is 0 Å². The van der Waals surface area contributed by atoms with Crippen LogP contribution in [0.15, 0.2) is 18.2 Å². The zero-order valence-corrected chi connectivity index (χ0v) is 11.2. The third-order valence-corrected chi connectivity index (χ3v) is 3.53. The van der Waals surface area contributed by atoms with E-state index in [1.54, 1.807) is 0 Å². The van der Waals surface area contributed by atoms with Crippen LogP contribution >= 0.6 is 0 Å². The number of methoxy groups -OCH3 is 1. The molecule has 1 aliphatic rings. The number of ether oxygens (including phenoxy) is 1. The number of hydrogen-bond acceptors (Lipinski definition) is 2. The fourth-order valence-electron chi connectivity index (χ4n) is 2.52. The maximum Gasteiger partial charge on any atom is 0.246 e. The highest BCUT2D eigenvalue weighted by molar-refractivity contribution is 5.77. The van der Waals surface area contributed by atoms with Crippen molar-refractivity contribution in [1.29, 1.82) is 0 Å². The van der Waals surface area contributed by atoms with E-state index < -0.39 is 0 Å². The van der Waals surface area contributed by atoms with Gasteiger partial charge in [-0.3, -0.25) is 4.79 Å². The van der Waals surface area contributed by atoms with Gasteiger partial charge in [0.15, 0.2) is 0 Å². The van der Waals surface area contributed by atoms with Crippen LogP contribution in [0.5, 0.6) is 0 Å². The predicted octanol–water partition coefficient (Wildman–Crippen LogP) is 2.39. The van der Waals surface area contributed by atoms with Crippen LogP contribution in [0, 0.1) is 0 Å². The number of aryl methyl sites for hydroxylation is 2. The first kappa shape index (κ1) is 13.1. The van der Waals surface area contributed by atoms with E-state index in [0.29, 0.717) is 0 Å². The molecule has 0 bridgehead atoms. The van der Waals surface area contributed by atoms with Crippen molar-refractivity contribution in [1.82, 2.24) is 5.32 Å². The molecule has 98 valence electrons. The molecule has 1 aliphatic carbocycles. The molecule has 1 atom stereocenters. The first-order chi connectivity index (χ1) is 8.70. The second kappa shape index (κ2) is 6.01. The van der Waals surface area contributed by atoms with Crippen molar-refractivity contribution >= 4 is 5.91 Å². The normalized spacial score (nSPS) is 15.9. The second-order valence-corrected chi connectivity index (χ2v) is 4.96. The maximum atomic E-state index is 11.5. The number of fused-ring (bicyclic) bond motifs is 1. The van der Waals surface area contributed by atoms with Crippen LogP contribution in [-0.4, -0.2) is 19.6 Å². The van der Waals surface area contributed by atoms with Gasteiger partial charge in [-0.2, -0.15) is 0 Å². The largest absolute Gasteiger partial charge is 0.375 e. The number of amides is 1. The van der Waals surface area contributed by atoms with Gasteiger partial charge in [0, 0.05) is 7.11 Å². The van der Waals surface area contributed by atoms with E-state index in [2.05, 4.69) is 23.5 Å². The first-order valence-corrected chi connectivity index (χ1v) is 6.60. The Kier molecular flexibility index (Phi) is 4.37. The van der Waals surface area contributed by atoms with Gasteiger partial charge < -0.3 is 10.1 Å². The minimum atomic E-state index is -0.0669. The number of hydrogen-bond donors (Lipinski definition) is 1. The Balaban J connectivity index is 2.06. The first-order valence-electron chi connectivity index (χ1n) is 6.60. The summed E-state index contributed by atoms with van der Waals surface area (Å²) in [6.07, 6.45) is 4.94. The van der Waals surface area contributed by atoms with Crippen LogP contribution in [0.1, 0.15) is 42.5 Å². The van der Waals surface area contributed by atoms with Gasteiger partial charge in [-0.05, 0) is 49.3 Å². The lowest BCUT2D eigenvalue weighted by Gasteiger charge is -2.20. The van der Waals surface area contributed by atoms with Gasteiger partial charge in [-0.1, -0.05) is 18.2 Å². The number of carbonyl (C=O) groups is 1. The van der Waals surface area contributed by atoms with Gasteiger partial charge in [0.05, 0.1) is 6.04 Å². The van der Waals surface area contributed by atoms with E-state index in [-0.39, 0.29) is 18.6 Å². The summed E-state index contributed by atoms with van der Waals surface area (Å²) in [5.74, 6) is -0.0669. The highest BCUT2D eigenvalue weighted by Crippen LogP contribution is 2.24. The zero-order valence-electron chi connectivity index (χ0n) is 11.2. The predicted molar refractivity (Wildman–Crippen MR) is 71.5 cm³/mol. The van der Waals surface area contributed by atoms with Crippen molar-refractivity contribution in [2.45, 2.75) is 38.6 Å². The molecule has 0 fully saturated rings. The lowest BCUT2D eigenvalue weighted by molar-refractivity contribution is -0.125. The van der Waals surface area contributed by atoms with Crippen LogP contribution in [-0.2, 0) is 22.4 Å². The molecule has 0 unspecified atom stereocenters. The summed E-state index contributed by atoms with van der Waals surface area (Å²) in [5, 5.41) is 2.94. The van der Waals surface area contributed by atoms with E-state index in [9.17, 15) is 4.79 Å². The SMILES string of the molecule is COCC(=O)N[C@@H](C)c1ccc2c(c1)CCCC2. The molecule has 2 rings (SSSR count). The smallest absolute Gasteiger partial charge is 0.246 e. The average Bonchev–Trinajstić information content (AvgIpc) is 2.38. The van der Waals surface area contributed by atoms with Gasteiger partial charge in [-0.25, -0.2) is 0 Å². The molecule has 0 aromatic heterocycles. The molecule has 1 aromatic carbocycles. The number of benzene rings is 1. The summed E-state index contributed by atoms with van der Waals surface area (Å²) in [4.78, 5) is 11.5. The zero-order chi connectivity index (χ0) is 13.0. The molecule has 0 radical (unpaired) electrons.